The average Bonchev–Trinajstić information content (AvgIpc) is 2.21. The number of hydrogen-bond acceptors (Lipinski definition) is 1. The van der Waals surface area contributed by atoms with Gasteiger partial charge in [-0.3, -0.25) is 4.98 Å². The van der Waals surface area contributed by atoms with Crippen LogP contribution < -0.4 is 0 Å². The molecule has 0 fully saturated rings. The standard InChI is InChI=1S/C10H11N.C2H6/c1-4-9(3)10-6-5-8(2)7-11-10;1-2/h4-7H,1,3H2,2H3;1-2H3. The first kappa shape index (κ1) is 11.6. The van der Waals surface area contributed by atoms with Gasteiger partial charge in [-0.2, -0.15) is 0 Å². The second-order valence-electron chi connectivity index (χ2n) is 2.45. The fourth-order valence-corrected chi connectivity index (χ4v) is 0.762. The van der Waals surface area contributed by atoms with E-state index in [2.05, 4.69) is 18.1 Å². The maximum atomic E-state index is 4.18. The summed E-state index contributed by atoms with van der Waals surface area (Å²) in [5.74, 6) is 0. The summed E-state index contributed by atoms with van der Waals surface area (Å²) in [4.78, 5) is 4.18. The molecule has 0 saturated heterocycles. The minimum absolute atomic E-state index is 0.866. The Bertz CT molecular complexity index is 270. The first-order chi connectivity index (χ1) is 6.24. The Morgan fingerprint density at radius 3 is 2.38 bits per heavy atom. The molecule has 1 aromatic heterocycles. The smallest absolute Gasteiger partial charge is 0.0695 e. The molecule has 0 saturated carbocycles. The van der Waals surface area contributed by atoms with Crippen LogP contribution in [0.5, 0.6) is 0 Å². The normalized spacial score (nSPS) is 8.23. The van der Waals surface area contributed by atoms with Crippen LogP contribution in [0.3, 0.4) is 0 Å². The van der Waals surface area contributed by atoms with Crippen LogP contribution in [0.15, 0.2) is 37.6 Å². The highest BCUT2D eigenvalue weighted by Crippen LogP contribution is 2.09. The van der Waals surface area contributed by atoms with Crippen LogP contribution >= 0.6 is 0 Å². The number of pyridine rings is 1. The predicted octanol–water partition coefficient (Wildman–Crippen LogP) is 3.62. The Hall–Kier alpha value is -1.37. The summed E-state index contributed by atoms with van der Waals surface area (Å²) >= 11 is 0. The van der Waals surface area contributed by atoms with Gasteiger partial charge in [0.1, 0.15) is 0 Å². The molecule has 0 N–H and O–H groups in total. The van der Waals surface area contributed by atoms with E-state index in [0.29, 0.717) is 0 Å². The molecule has 1 heterocycles. The number of aromatic nitrogens is 1. The van der Waals surface area contributed by atoms with Crippen LogP contribution in [0.1, 0.15) is 25.1 Å². The minimum atomic E-state index is 0.866. The van der Waals surface area contributed by atoms with Crippen molar-refractivity contribution < 1.29 is 0 Å². The van der Waals surface area contributed by atoms with Gasteiger partial charge in [0, 0.05) is 6.20 Å². The Balaban J connectivity index is 0.000000671. The van der Waals surface area contributed by atoms with Crippen LogP contribution in [-0.2, 0) is 0 Å². The largest absolute Gasteiger partial charge is 0.256 e. The first-order valence-corrected chi connectivity index (χ1v) is 4.48. The molecule has 1 rings (SSSR count). The molecule has 0 unspecified atom stereocenters. The van der Waals surface area contributed by atoms with Gasteiger partial charge < -0.3 is 0 Å². The van der Waals surface area contributed by atoms with E-state index in [0.717, 1.165) is 16.8 Å². The summed E-state index contributed by atoms with van der Waals surface area (Å²) in [6.45, 7) is 13.4. The number of nitrogens with zero attached hydrogens (tertiary/aromatic N) is 1. The molecule has 0 aliphatic carbocycles. The maximum absolute atomic E-state index is 4.18. The van der Waals surface area contributed by atoms with Crippen molar-refractivity contribution in [2.75, 3.05) is 0 Å². The van der Waals surface area contributed by atoms with Crippen molar-refractivity contribution in [3.63, 3.8) is 0 Å². The number of allylic oxidation sites excluding steroid dienone is 2. The van der Waals surface area contributed by atoms with E-state index < -0.39 is 0 Å². The van der Waals surface area contributed by atoms with Gasteiger partial charge in [0.2, 0.25) is 0 Å². The van der Waals surface area contributed by atoms with E-state index in [1.807, 2.05) is 39.1 Å². The fourth-order valence-electron chi connectivity index (χ4n) is 0.762. The van der Waals surface area contributed by atoms with Crippen molar-refractivity contribution in [2.45, 2.75) is 20.8 Å². The monoisotopic (exact) mass is 175 g/mol. The van der Waals surface area contributed by atoms with Crippen molar-refractivity contribution in [3.05, 3.63) is 48.8 Å². The Morgan fingerprint density at radius 1 is 1.38 bits per heavy atom. The lowest BCUT2D eigenvalue weighted by Crippen LogP contribution is -1.84. The molecule has 1 aromatic rings. The van der Waals surface area contributed by atoms with Gasteiger partial charge in [-0.05, 0) is 24.1 Å². The highest BCUT2D eigenvalue weighted by atomic mass is 14.7. The predicted molar refractivity (Wildman–Crippen MR) is 59.6 cm³/mol. The van der Waals surface area contributed by atoms with Gasteiger partial charge >= 0.3 is 0 Å². The summed E-state index contributed by atoms with van der Waals surface area (Å²) in [5.41, 5.74) is 2.92. The van der Waals surface area contributed by atoms with Gasteiger partial charge in [0.15, 0.2) is 0 Å². The second kappa shape index (κ2) is 6.18. The summed E-state index contributed by atoms with van der Waals surface area (Å²) in [7, 11) is 0. The van der Waals surface area contributed by atoms with Crippen molar-refractivity contribution >= 4 is 5.57 Å². The van der Waals surface area contributed by atoms with Crippen LogP contribution in [0.4, 0.5) is 0 Å². The van der Waals surface area contributed by atoms with Crippen molar-refractivity contribution in [1.82, 2.24) is 4.98 Å². The molecule has 13 heavy (non-hydrogen) atoms. The molecule has 0 atom stereocenters. The Labute approximate surface area is 80.8 Å². The Kier molecular flexibility index (Phi) is 5.53. The summed E-state index contributed by atoms with van der Waals surface area (Å²) in [6.07, 6.45) is 3.53. The van der Waals surface area contributed by atoms with E-state index in [-0.39, 0.29) is 0 Å². The topological polar surface area (TPSA) is 12.9 Å². The van der Waals surface area contributed by atoms with Crippen LogP contribution in [-0.4, -0.2) is 4.98 Å². The fraction of sp³-hybridized carbons (Fsp3) is 0.250. The third-order valence-corrected chi connectivity index (χ3v) is 1.49. The number of aryl methyl sites for hydroxylation is 1. The van der Waals surface area contributed by atoms with E-state index in [9.17, 15) is 0 Å². The van der Waals surface area contributed by atoms with E-state index in [1.165, 1.54) is 0 Å². The molecule has 70 valence electrons. The molecular formula is C12H17N. The number of hydrogen-bond donors (Lipinski definition) is 0. The lowest BCUT2D eigenvalue weighted by molar-refractivity contribution is 1.23. The third kappa shape index (κ3) is 3.70. The highest BCUT2D eigenvalue weighted by Gasteiger charge is 1.93. The van der Waals surface area contributed by atoms with Crippen molar-refractivity contribution in [2.24, 2.45) is 0 Å². The van der Waals surface area contributed by atoms with Gasteiger partial charge in [0.25, 0.3) is 0 Å². The lowest BCUT2D eigenvalue weighted by Gasteiger charge is -1.97. The molecule has 0 radical (unpaired) electrons. The summed E-state index contributed by atoms with van der Waals surface area (Å²) in [6, 6.07) is 3.95. The summed E-state index contributed by atoms with van der Waals surface area (Å²) in [5, 5.41) is 0. The average molecular weight is 175 g/mol. The summed E-state index contributed by atoms with van der Waals surface area (Å²) < 4.78 is 0. The zero-order valence-corrected chi connectivity index (χ0v) is 8.67. The first-order valence-electron chi connectivity index (χ1n) is 4.48. The quantitative estimate of drug-likeness (QED) is 0.626. The molecular weight excluding hydrogens is 158 g/mol. The van der Waals surface area contributed by atoms with Gasteiger partial charge in [-0.1, -0.05) is 39.1 Å². The van der Waals surface area contributed by atoms with Gasteiger partial charge in [0.05, 0.1) is 5.69 Å². The van der Waals surface area contributed by atoms with Crippen molar-refractivity contribution in [1.29, 1.82) is 0 Å². The lowest BCUT2D eigenvalue weighted by atomic mass is 10.2. The maximum Gasteiger partial charge on any atom is 0.0695 e. The molecule has 0 aromatic carbocycles. The molecule has 0 bridgehead atoms. The zero-order chi connectivity index (χ0) is 10.3. The van der Waals surface area contributed by atoms with Crippen LogP contribution in [0, 0.1) is 6.92 Å². The Morgan fingerprint density at radius 2 is 2.00 bits per heavy atom. The minimum Gasteiger partial charge on any atom is -0.256 e. The SMILES string of the molecule is C=CC(=C)c1ccc(C)cn1.CC. The van der Waals surface area contributed by atoms with E-state index in [4.69, 9.17) is 0 Å². The van der Waals surface area contributed by atoms with Crippen LogP contribution in [0.25, 0.3) is 5.57 Å². The van der Waals surface area contributed by atoms with Gasteiger partial charge in [-0.25, -0.2) is 0 Å². The zero-order valence-electron chi connectivity index (χ0n) is 8.67. The molecule has 0 spiro atoms. The van der Waals surface area contributed by atoms with E-state index in [1.54, 1.807) is 6.08 Å². The third-order valence-electron chi connectivity index (χ3n) is 1.49. The molecule has 0 amide bonds. The molecule has 0 aliphatic heterocycles. The van der Waals surface area contributed by atoms with Crippen molar-refractivity contribution in [3.8, 4) is 0 Å². The van der Waals surface area contributed by atoms with E-state index >= 15 is 0 Å². The molecule has 1 nitrogen and oxygen atoms in total. The van der Waals surface area contributed by atoms with Crippen LogP contribution in [0.2, 0.25) is 0 Å². The number of rotatable bonds is 2. The second-order valence-corrected chi connectivity index (χ2v) is 2.45. The highest BCUT2D eigenvalue weighted by molar-refractivity contribution is 5.68. The van der Waals surface area contributed by atoms with Gasteiger partial charge in [-0.15, -0.1) is 0 Å². The molecule has 1 heteroatoms. The molecule has 0 aliphatic rings.